The molecule has 1 saturated heterocycles. The Morgan fingerprint density at radius 2 is 2.10 bits per heavy atom. The Balaban J connectivity index is 1.82. The molecule has 6 heteroatoms. The molecule has 2 aromatic rings. The van der Waals surface area contributed by atoms with E-state index in [4.69, 9.17) is 5.73 Å². The molecule has 0 spiro atoms. The van der Waals surface area contributed by atoms with Crippen molar-refractivity contribution in [3.05, 3.63) is 30.3 Å². The van der Waals surface area contributed by atoms with Gasteiger partial charge in [0.25, 0.3) is 0 Å². The number of aromatic nitrogens is 1. The summed E-state index contributed by atoms with van der Waals surface area (Å²) >= 11 is 0. The lowest BCUT2D eigenvalue weighted by atomic mass is 10.1. The predicted octanol–water partition coefficient (Wildman–Crippen LogP) is 1.03. The summed E-state index contributed by atoms with van der Waals surface area (Å²) in [6.07, 6.45) is 0.819. The van der Waals surface area contributed by atoms with Gasteiger partial charge in [0.05, 0.1) is 5.52 Å². The number of piperidine rings is 1. The first-order valence-corrected chi connectivity index (χ1v) is 6.38. The number of nitrogens with one attached hydrogen (secondary N) is 2. The third-order valence-electron chi connectivity index (χ3n) is 3.27. The number of carbonyl (C=O) groups is 2. The van der Waals surface area contributed by atoms with Crippen molar-refractivity contribution in [1.29, 1.82) is 0 Å². The number of pyridine rings is 1. The van der Waals surface area contributed by atoms with Gasteiger partial charge in [-0.1, -0.05) is 0 Å². The van der Waals surface area contributed by atoms with E-state index in [1.165, 1.54) is 0 Å². The van der Waals surface area contributed by atoms with Crippen LogP contribution < -0.4 is 16.4 Å². The van der Waals surface area contributed by atoms with Gasteiger partial charge >= 0.3 is 0 Å². The number of anilines is 2. The van der Waals surface area contributed by atoms with Crippen LogP contribution in [0.1, 0.15) is 12.8 Å². The Hall–Kier alpha value is -2.63. The number of nitrogens with two attached hydrogens (primary N) is 1. The van der Waals surface area contributed by atoms with Crippen LogP contribution in [0, 0.1) is 0 Å². The smallest absolute Gasteiger partial charge is 0.249 e. The van der Waals surface area contributed by atoms with Gasteiger partial charge < -0.3 is 11.1 Å². The quantitative estimate of drug-likeness (QED) is 0.559. The number of imide groups is 1. The Morgan fingerprint density at radius 3 is 2.90 bits per heavy atom. The van der Waals surface area contributed by atoms with Crippen LogP contribution in [0.2, 0.25) is 0 Å². The lowest BCUT2D eigenvalue weighted by molar-refractivity contribution is -0.133. The van der Waals surface area contributed by atoms with Crippen molar-refractivity contribution in [3.8, 4) is 0 Å². The molecule has 3 rings (SSSR count). The highest BCUT2D eigenvalue weighted by atomic mass is 16.2. The summed E-state index contributed by atoms with van der Waals surface area (Å²) in [5.74, 6) is 0.0761. The van der Waals surface area contributed by atoms with Gasteiger partial charge in [0.15, 0.2) is 0 Å². The van der Waals surface area contributed by atoms with Crippen molar-refractivity contribution in [2.45, 2.75) is 18.9 Å². The molecule has 1 unspecified atom stereocenters. The molecule has 1 aromatic carbocycles. The number of carbonyl (C=O) groups excluding carboxylic acids is 2. The highest BCUT2D eigenvalue weighted by Crippen LogP contribution is 2.19. The zero-order valence-electron chi connectivity index (χ0n) is 10.7. The number of hydrogen-bond donors (Lipinski definition) is 3. The van der Waals surface area contributed by atoms with Crippen LogP contribution in [0.25, 0.3) is 10.9 Å². The van der Waals surface area contributed by atoms with Gasteiger partial charge in [0, 0.05) is 17.5 Å². The summed E-state index contributed by atoms with van der Waals surface area (Å²) in [5, 5.41) is 6.30. The zero-order chi connectivity index (χ0) is 14.1. The average Bonchev–Trinajstić information content (AvgIpc) is 2.42. The maximum absolute atomic E-state index is 11.7. The Labute approximate surface area is 115 Å². The molecule has 2 heterocycles. The fourth-order valence-electron chi connectivity index (χ4n) is 2.23. The summed E-state index contributed by atoms with van der Waals surface area (Å²) in [4.78, 5) is 27.2. The molecule has 1 atom stereocenters. The standard InChI is InChI=1S/C14H14N4O2/c15-9-2-3-10-8(7-9)1-5-12(16-10)17-11-4-6-13(19)18-14(11)20/h1-3,5,7,11H,4,6,15H2,(H,16,17)(H,18,19,20). The van der Waals surface area contributed by atoms with Gasteiger partial charge in [-0.05, 0) is 36.8 Å². The second-order valence-electron chi connectivity index (χ2n) is 4.80. The van der Waals surface area contributed by atoms with Crippen molar-refractivity contribution in [3.63, 3.8) is 0 Å². The monoisotopic (exact) mass is 270 g/mol. The van der Waals surface area contributed by atoms with E-state index >= 15 is 0 Å². The molecule has 1 aliphatic heterocycles. The molecule has 6 nitrogen and oxygen atoms in total. The highest BCUT2D eigenvalue weighted by molar-refractivity contribution is 6.01. The third kappa shape index (κ3) is 2.40. The van der Waals surface area contributed by atoms with Crippen LogP contribution in [-0.2, 0) is 9.59 Å². The molecular weight excluding hydrogens is 256 g/mol. The van der Waals surface area contributed by atoms with Crippen LogP contribution in [0.3, 0.4) is 0 Å². The van der Waals surface area contributed by atoms with Gasteiger partial charge in [-0.3, -0.25) is 14.9 Å². The van der Waals surface area contributed by atoms with E-state index in [0.717, 1.165) is 10.9 Å². The zero-order valence-corrected chi connectivity index (χ0v) is 10.7. The molecular formula is C14H14N4O2. The number of nitrogens with zero attached hydrogens (tertiary/aromatic N) is 1. The molecule has 4 N–H and O–H groups in total. The van der Waals surface area contributed by atoms with E-state index in [1.807, 2.05) is 18.2 Å². The largest absolute Gasteiger partial charge is 0.399 e. The van der Waals surface area contributed by atoms with E-state index in [2.05, 4.69) is 15.6 Å². The second-order valence-corrected chi connectivity index (χ2v) is 4.80. The van der Waals surface area contributed by atoms with Crippen molar-refractivity contribution in [2.24, 2.45) is 0 Å². The van der Waals surface area contributed by atoms with Crippen LogP contribution in [0.5, 0.6) is 0 Å². The van der Waals surface area contributed by atoms with E-state index in [1.54, 1.807) is 12.1 Å². The van der Waals surface area contributed by atoms with Crippen LogP contribution in [0.15, 0.2) is 30.3 Å². The summed E-state index contributed by atoms with van der Waals surface area (Å²) in [6, 6.07) is 8.73. The molecule has 1 aromatic heterocycles. The Bertz CT molecular complexity index is 699. The SMILES string of the molecule is Nc1ccc2nc(NC3CCC(=O)NC3=O)ccc2c1. The number of nitrogen functional groups attached to an aromatic ring is 1. The average molecular weight is 270 g/mol. The van der Waals surface area contributed by atoms with Crippen LogP contribution in [0.4, 0.5) is 11.5 Å². The number of benzene rings is 1. The van der Waals surface area contributed by atoms with Crippen molar-refractivity contribution < 1.29 is 9.59 Å². The molecule has 0 saturated carbocycles. The van der Waals surface area contributed by atoms with E-state index in [0.29, 0.717) is 24.3 Å². The number of fused-ring (bicyclic) bond motifs is 1. The first-order chi connectivity index (χ1) is 9.61. The summed E-state index contributed by atoms with van der Waals surface area (Å²) in [5.41, 5.74) is 7.20. The van der Waals surface area contributed by atoms with E-state index in [-0.39, 0.29) is 11.8 Å². The number of rotatable bonds is 2. The summed E-state index contributed by atoms with van der Waals surface area (Å²) in [6.45, 7) is 0. The molecule has 0 bridgehead atoms. The maximum atomic E-state index is 11.7. The Kier molecular flexibility index (Phi) is 2.98. The normalized spacial score (nSPS) is 18.9. The minimum absolute atomic E-state index is 0.227. The lowest BCUT2D eigenvalue weighted by Gasteiger charge is -2.22. The molecule has 0 aliphatic carbocycles. The topological polar surface area (TPSA) is 97.1 Å². The van der Waals surface area contributed by atoms with Gasteiger partial charge in [-0.15, -0.1) is 0 Å². The first-order valence-electron chi connectivity index (χ1n) is 6.38. The molecule has 1 aliphatic rings. The van der Waals surface area contributed by atoms with E-state index in [9.17, 15) is 9.59 Å². The second kappa shape index (κ2) is 4.80. The summed E-state index contributed by atoms with van der Waals surface area (Å²) in [7, 11) is 0. The Morgan fingerprint density at radius 1 is 1.25 bits per heavy atom. The first kappa shape index (κ1) is 12.4. The minimum atomic E-state index is -0.425. The lowest BCUT2D eigenvalue weighted by Crippen LogP contribution is -2.47. The van der Waals surface area contributed by atoms with Crippen molar-refractivity contribution in [2.75, 3.05) is 11.1 Å². The molecule has 2 amide bonds. The van der Waals surface area contributed by atoms with Crippen molar-refractivity contribution >= 4 is 34.2 Å². The number of amides is 2. The fraction of sp³-hybridized carbons (Fsp3) is 0.214. The minimum Gasteiger partial charge on any atom is -0.399 e. The highest BCUT2D eigenvalue weighted by Gasteiger charge is 2.26. The van der Waals surface area contributed by atoms with Crippen LogP contribution >= 0.6 is 0 Å². The molecule has 1 fully saturated rings. The van der Waals surface area contributed by atoms with Gasteiger partial charge in [0.1, 0.15) is 11.9 Å². The summed E-state index contributed by atoms with van der Waals surface area (Å²) < 4.78 is 0. The maximum Gasteiger partial charge on any atom is 0.249 e. The van der Waals surface area contributed by atoms with E-state index < -0.39 is 6.04 Å². The van der Waals surface area contributed by atoms with Crippen LogP contribution in [-0.4, -0.2) is 22.8 Å². The van der Waals surface area contributed by atoms with Gasteiger partial charge in [-0.25, -0.2) is 4.98 Å². The third-order valence-corrected chi connectivity index (χ3v) is 3.27. The fourth-order valence-corrected chi connectivity index (χ4v) is 2.23. The predicted molar refractivity (Wildman–Crippen MR) is 75.9 cm³/mol. The number of hydrogen-bond acceptors (Lipinski definition) is 5. The van der Waals surface area contributed by atoms with Gasteiger partial charge in [0.2, 0.25) is 11.8 Å². The van der Waals surface area contributed by atoms with Gasteiger partial charge in [-0.2, -0.15) is 0 Å². The van der Waals surface area contributed by atoms with Crippen molar-refractivity contribution in [1.82, 2.24) is 10.3 Å². The molecule has 0 radical (unpaired) electrons. The molecule has 102 valence electrons. The molecule has 20 heavy (non-hydrogen) atoms.